The summed E-state index contributed by atoms with van der Waals surface area (Å²) in [5.41, 5.74) is 0. The van der Waals surface area contributed by atoms with Crippen LogP contribution >= 0.6 is 0 Å². The molecule has 0 aromatic carbocycles. The van der Waals surface area contributed by atoms with Gasteiger partial charge in [-0.1, -0.05) is 12.2 Å². The molecule has 0 aliphatic heterocycles. The third-order valence-electron chi connectivity index (χ3n) is 0.558. The summed E-state index contributed by atoms with van der Waals surface area (Å²) in [6.45, 7) is 2.99. The summed E-state index contributed by atoms with van der Waals surface area (Å²) in [5, 5.41) is 2.98. The van der Waals surface area contributed by atoms with E-state index < -0.39 is 0 Å². The molecule has 0 spiro atoms. The minimum Gasteiger partial charge on any atom is -0.316 e. The van der Waals surface area contributed by atoms with Gasteiger partial charge < -0.3 is 5.32 Å². The van der Waals surface area contributed by atoms with Crippen LogP contribution in [0, 0.1) is 0 Å². The van der Waals surface area contributed by atoms with Crippen molar-refractivity contribution >= 4 is 0 Å². The second-order valence-electron chi connectivity index (χ2n) is 1.13. The van der Waals surface area contributed by atoms with Gasteiger partial charge in [0.15, 0.2) is 0 Å². The first-order valence-electron chi connectivity index (χ1n) is 2.17. The molecule has 0 aliphatic rings. The lowest BCUT2D eigenvalue weighted by atomic mass is 10.5. The van der Waals surface area contributed by atoms with Crippen LogP contribution in [-0.2, 0) is 0 Å². The summed E-state index contributed by atoms with van der Waals surface area (Å²) in [5.74, 6) is 0. The summed E-state index contributed by atoms with van der Waals surface area (Å²) in [6.07, 6.45) is 4.09. The Morgan fingerprint density at radius 1 is 1.67 bits per heavy atom. The molecule has 1 heteroatoms. The summed E-state index contributed by atoms with van der Waals surface area (Å²) in [6, 6.07) is 0. The first-order chi connectivity index (χ1) is 2.91. The molecule has 0 aromatic heterocycles. The van der Waals surface area contributed by atoms with E-state index in [0.717, 1.165) is 6.54 Å². The summed E-state index contributed by atoms with van der Waals surface area (Å²) in [7, 11) is 1.93. The number of hydrogen-bond donors (Lipinski definition) is 1. The predicted molar refractivity (Wildman–Crippen MR) is 28.7 cm³/mol. The van der Waals surface area contributed by atoms with Crippen LogP contribution < -0.4 is 5.32 Å². The van der Waals surface area contributed by atoms with E-state index in [4.69, 9.17) is 0 Å². The van der Waals surface area contributed by atoms with E-state index in [0.29, 0.717) is 0 Å². The second-order valence-corrected chi connectivity index (χ2v) is 1.13. The minimum absolute atomic E-state index is 0.983. The molecule has 0 aromatic rings. The van der Waals surface area contributed by atoms with Gasteiger partial charge in [0.2, 0.25) is 0 Å². The fraction of sp³-hybridized carbons (Fsp3) is 0.600. The van der Waals surface area contributed by atoms with Gasteiger partial charge in [0.25, 0.3) is 0 Å². The Labute approximate surface area is 39.1 Å². The van der Waals surface area contributed by atoms with E-state index in [1.807, 2.05) is 20.0 Å². The third-order valence-corrected chi connectivity index (χ3v) is 0.558. The lowest BCUT2D eigenvalue weighted by molar-refractivity contribution is 0.918. The number of nitrogens with one attached hydrogen (secondary N) is 1. The predicted octanol–water partition coefficient (Wildman–Crippen LogP) is 0.782. The first kappa shape index (κ1) is 5.70. The van der Waals surface area contributed by atoms with Crippen molar-refractivity contribution in [3.05, 3.63) is 12.2 Å². The maximum atomic E-state index is 2.98. The zero-order valence-electron chi connectivity index (χ0n) is 4.36. The van der Waals surface area contributed by atoms with E-state index in [1.54, 1.807) is 0 Å². The maximum absolute atomic E-state index is 2.98. The van der Waals surface area contributed by atoms with E-state index in [9.17, 15) is 0 Å². The van der Waals surface area contributed by atoms with Gasteiger partial charge in [-0.3, -0.25) is 0 Å². The van der Waals surface area contributed by atoms with Crippen molar-refractivity contribution in [1.82, 2.24) is 5.32 Å². The quantitative estimate of drug-likeness (QED) is 0.489. The highest BCUT2D eigenvalue weighted by molar-refractivity contribution is 4.77. The second kappa shape index (κ2) is 4.70. The molecule has 1 nitrogen and oxygen atoms in total. The van der Waals surface area contributed by atoms with Crippen LogP contribution in [0.1, 0.15) is 6.92 Å². The van der Waals surface area contributed by atoms with Crippen molar-refractivity contribution < 1.29 is 0 Å². The van der Waals surface area contributed by atoms with Gasteiger partial charge in [-0.15, -0.1) is 0 Å². The molecule has 0 atom stereocenters. The molecule has 0 unspecified atom stereocenters. The Kier molecular flexibility index (Phi) is 4.46. The SMILES string of the molecule is CC=CCNC. The lowest BCUT2D eigenvalue weighted by Crippen LogP contribution is -2.03. The van der Waals surface area contributed by atoms with Gasteiger partial charge in [0, 0.05) is 6.54 Å². The molecule has 0 saturated heterocycles. The molecule has 0 aliphatic carbocycles. The van der Waals surface area contributed by atoms with Gasteiger partial charge in [0.05, 0.1) is 0 Å². The van der Waals surface area contributed by atoms with E-state index in [2.05, 4.69) is 11.4 Å². The molecular formula is C5H11N. The van der Waals surface area contributed by atoms with Crippen molar-refractivity contribution in [3.8, 4) is 0 Å². The Bertz CT molecular complexity index is 39.2. The molecule has 1 N–H and O–H groups in total. The number of rotatable bonds is 2. The lowest BCUT2D eigenvalue weighted by Gasteiger charge is -1.81. The molecule has 0 radical (unpaired) electrons. The first-order valence-corrected chi connectivity index (χ1v) is 2.17. The zero-order valence-corrected chi connectivity index (χ0v) is 4.36. The highest BCUT2D eigenvalue weighted by Gasteiger charge is 1.61. The van der Waals surface area contributed by atoms with E-state index in [-0.39, 0.29) is 0 Å². The van der Waals surface area contributed by atoms with Crippen LogP contribution in [0.3, 0.4) is 0 Å². The van der Waals surface area contributed by atoms with Crippen LogP contribution in [0.2, 0.25) is 0 Å². The third kappa shape index (κ3) is 3.70. The summed E-state index contributed by atoms with van der Waals surface area (Å²) < 4.78 is 0. The van der Waals surface area contributed by atoms with Gasteiger partial charge in [0.1, 0.15) is 0 Å². The number of allylic oxidation sites excluding steroid dienone is 1. The zero-order chi connectivity index (χ0) is 4.83. The highest BCUT2D eigenvalue weighted by Crippen LogP contribution is 1.61. The van der Waals surface area contributed by atoms with Crippen LogP contribution in [-0.4, -0.2) is 13.6 Å². The monoisotopic (exact) mass is 85.1 g/mol. The van der Waals surface area contributed by atoms with Gasteiger partial charge in [-0.2, -0.15) is 0 Å². The fourth-order valence-corrected chi connectivity index (χ4v) is 0.236. The smallest absolute Gasteiger partial charge is 0.0131 e. The standard InChI is InChI=1S/C5H11N/c1-3-4-5-6-2/h3-4,6H,5H2,1-2H3. The molecule has 0 rings (SSSR count). The molecule has 0 amide bonds. The Hall–Kier alpha value is -0.300. The molecule has 0 bridgehead atoms. The van der Waals surface area contributed by atoms with Crippen LogP contribution in [0.25, 0.3) is 0 Å². The Morgan fingerprint density at radius 2 is 2.33 bits per heavy atom. The van der Waals surface area contributed by atoms with Crippen molar-refractivity contribution in [2.75, 3.05) is 13.6 Å². The van der Waals surface area contributed by atoms with E-state index in [1.165, 1.54) is 0 Å². The Balaban J connectivity index is 2.66. The van der Waals surface area contributed by atoms with Crippen molar-refractivity contribution in [2.24, 2.45) is 0 Å². The average molecular weight is 85.1 g/mol. The van der Waals surface area contributed by atoms with Crippen LogP contribution in [0.15, 0.2) is 12.2 Å². The van der Waals surface area contributed by atoms with Crippen LogP contribution in [0.4, 0.5) is 0 Å². The minimum atomic E-state index is 0.983. The largest absolute Gasteiger partial charge is 0.316 e. The molecule has 0 saturated carbocycles. The van der Waals surface area contributed by atoms with E-state index >= 15 is 0 Å². The molecule has 36 valence electrons. The Morgan fingerprint density at radius 3 is 2.50 bits per heavy atom. The maximum Gasteiger partial charge on any atom is 0.0131 e. The topological polar surface area (TPSA) is 12.0 Å². The fourth-order valence-electron chi connectivity index (χ4n) is 0.236. The summed E-state index contributed by atoms with van der Waals surface area (Å²) >= 11 is 0. The highest BCUT2D eigenvalue weighted by atomic mass is 14.8. The number of likely N-dealkylation sites (N-methyl/N-ethyl adjacent to an activating group) is 1. The van der Waals surface area contributed by atoms with Crippen molar-refractivity contribution in [2.45, 2.75) is 6.92 Å². The normalized spacial score (nSPS) is 10.3. The van der Waals surface area contributed by atoms with Crippen LogP contribution in [0.5, 0.6) is 0 Å². The van der Waals surface area contributed by atoms with Gasteiger partial charge in [-0.05, 0) is 14.0 Å². The van der Waals surface area contributed by atoms with Crippen molar-refractivity contribution in [3.63, 3.8) is 0 Å². The van der Waals surface area contributed by atoms with Crippen molar-refractivity contribution in [1.29, 1.82) is 0 Å². The van der Waals surface area contributed by atoms with Gasteiger partial charge >= 0.3 is 0 Å². The molecular weight excluding hydrogens is 74.1 g/mol. The molecule has 0 heterocycles. The summed E-state index contributed by atoms with van der Waals surface area (Å²) in [4.78, 5) is 0. The number of hydrogen-bond acceptors (Lipinski definition) is 1. The molecule has 6 heavy (non-hydrogen) atoms. The molecule has 0 fully saturated rings. The average Bonchev–Trinajstić information content (AvgIpc) is 1.61. The van der Waals surface area contributed by atoms with Gasteiger partial charge in [-0.25, -0.2) is 0 Å².